The topological polar surface area (TPSA) is 67.9 Å². The van der Waals surface area contributed by atoms with Gasteiger partial charge in [-0.2, -0.15) is 0 Å². The predicted molar refractivity (Wildman–Crippen MR) is 58.4 cm³/mol. The van der Waals surface area contributed by atoms with Gasteiger partial charge in [0.25, 0.3) is 0 Å². The summed E-state index contributed by atoms with van der Waals surface area (Å²) in [7, 11) is 0. The molecule has 0 aromatic rings. The highest BCUT2D eigenvalue weighted by Crippen LogP contribution is 1.91. The van der Waals surface area contributed by atoms with Crippen LogP contribution in [-0.4, -0.2) is 36.8 Å². The number of nitrogens with one attached hydrogen (secondary N) is 1. The maximum absolute atomic E-state index is 11.3. The Balaban J connectivity index is 3.58. The molecule has 0 rings (SSSR count). The van der Waals surface area contributed by atoms with Gasteiger partial charge in [0.2, 0.25) is 6.79 Å². The molecular formula is C10H20N2O4. The van der Waals surface area contributed by atoms with Crippen LogP contribution in [0.2, 0.25) is 0 Å². The van der Waals surface area contributed by atoms with Crippen molar-refractivity contribution in [3.8, 4) is 0 Å². The highest BCUT2D eigenvalue weighted by Gasteiger charge is 2.08. The zero-order chi connectivity index (χ0) is 12.4. The number of amides is 2. The fourth-order valence-electron chi connectivity index (χ4n) is 1.04. The predicted octanol–water partition coefficient (Wildman–Crippen LogP) is 1.27. The molecule has 0 bridgehead atoms. The van der Waals surface area contributed by atoms with Crippen LogP contribution in [0.25, 0.3) is 0 Å². The number of carbonyl (C=O) groups is 2. The van der Waals surface area contributed by atoms with Gasteiger partial charge in [0, 0.05) is 19.5 Å². The van der Waals surface area contributed by atoms with Gasteiger partial charge >= 0.3 is 12.0 Å². The molecule has 0 spiro atoms. The molecule has 0 saturated heterocycles. The average molecular weight is 232 g/mol. The molecule has 0 aliphatic heterocycles. The lowest BCUT2D eigenvalue weighted by Gasteiger charge is -2.18. The second-order valence-corrected chi connectivity index (χ2v) is 3.11. The molecule has 6 nitrogen and oxygen atoms in total. The highest BCUT2D eigenvalue weighted by atomic mass is 16.8. The van der Waals surface area contributed by atoms with E-state index in [1.807, 2.05) is 20.8 Å². The zero-order valence-corrected chi connectivity index (χ0v) is 10.1. The summed E-state index contributed by atoms with van der Waals surface area (Å²) < 4.78 is 4.69. The van der Waals surface area contributed by atoms with E-state index >= 15 is 0 Å². The molecule has 0 atom stereocenters. The van der Waals surface area contributed by atoms with Crippen molar-refractivity contribution in [3.05, 3.63) is 0 Å². The van der Waals surface area contributed by atoms with Gasteiger partial charge in [-0.3, -0.25) is 4.79 Å². The Bertz CT molecular complexity index is 217. The summed E-state index contributed by atoms with van der Waals surface area (Å²) in [6.45, 7) is 6.55. The van der Waals surface area contributed by atoms with Crippen molar-refractivity contribution >= 4 is 12.0 Å². The maximum Gasteiger partial charge on any atom is 0.341 e. The summed E-state index contributed by atoms with van der Waals surface area (Å²) in [5, 5.41) is 0. The molecule has 0 heterocycles. The first-order chi connectivity index (χ1) is 7.65. The number of hydroxylamine groups is 1. The van der Waals surface area contributed by atoms with Gasteiger partial charge in [-0.05, 0) is 20.3 Å². The van der Waals surface area contributed by atoms with Crippen molar-refractivity contribution in [2.75, 3.05) is 19.9 Å². The van der Waals surface area contributed by atoms with E-state index in [0.29, 0.717) is 19.5 Å². The minimum atomic E-state index is -0.337. The molecule has 0 unspecified atom stereocenters. The Hall–Kier alpha value is -1.30. The molecule has 0 aliphatic carbocycles. The molecule has 94 valence electrons. The Labute approximate surface area is 95.8 Å². The van der Waals surface area contributed by atoms with E-state index < -0.39 is 0 Å². The summed E-state index contributed by atoms with van der Waals surface area (Å²) in [4.78, 5) is 28.5. The van der Waals surface area contributed by atoms with Gasteiger partial charge in [-0.15, -0.1) is 0 Å². The Morgan fingerprint density at radius 3 is 2.31 bits per heavy atom. The third kappa shape index (κ3) is 6.23. The lowest BCUT2D eigenvalue weighted by molar-refractivity contribution is -0.160. The second-order valence-electron chi connectivity index (χ2n) is 3.11. The molecule has 16 heavy (non-hydrogen) atoms. The summed E-state index contributed by atoms with van der Waals surface area (Å²) >= 11 is 0. The molecule has 6 heteroatoms. The number of esters is 1. The van der Waals surface area contributed by atoms with Crippen LogP contribution in [0.1, 0.15) is 33.6 Å². The molecule has 0 aliphatic rings. The van der Waals surface area contributed by atoms with Crippen LogP contribution in [0, 0.1) is 0 Å². The van der Waals surface area contributed by atoms with Crippen LogP contribution in [0.5, 0.6) is 0 Å². The van der Waals surface area contributed by atoms with Crippen molar-refractivity contribution in [2.24, 2.45) is 0 Å². The molecule has 0 saturated carbocycles. The number of nitrogens with zero attached hydrogens (tertiary/aromatic N) is 1. The second kappa shape index (κ2) is 8.96. The van der Waals surface area contributed by atoms with Crippen LogP contribution >= 0.6 is 0 Å². The van der Waals surface area contributed by atoms with Gasteiger partial charge in [0.1, 0.15) is 0 Å². The summed E-state index contributed by atoms with van der Waals surface area (Å²) in [6.07, 6.45) is 1.08. The van der Waals surface area contributed by atoms with Gasteiger partial charge in [0.15, 0.2) is 0 Å². The van der Waals surface area contributed by atoms with Gasteiger partial charge in [-0.25, -0.2) is 15.1 Å². The fourth-order valence-corrected chi connectivity index (χ4v) is 1.04. The number of urea groups is 1. The normalized spacial score (nSPS) is 9.69. The third-order valence-electron chi connectivity index (χ3n) is 1.94. The van der Waals surface area contributed by atoms with Crippen LogP contribution in [0.4, 0.5) is 4.79 Å². The van der Waals surface area contributed by atoms with E-state index in [4.69, 9.17) is 4.84 Å². The van der Waals surface area contributed by atoms with Crippen molar-refractivity contribution in [1.29, 1.82) is 0 Å². The number of ether oxygens (including phenoxy) is 1. The smallest absolute Gasteiger partial charge is 0.341 e. The molecule has 0 fully saturated rings. The van der Waals surface area contributed by atoms with E-state index in [0.717, 1.165) is 6.42 Å². The minimum Gasteiger partial charge on any atom is -0.436 e. The Kier molecular flexibility index (Phi) is 8.24. The maximum atomic E-state index is 11.3. The SMILES string of the molecule is CCCC(=O)OCONC(=O)N(CC)CC. The van der Waals surface area contributed by atoms with Crippen LogP contribution < -0.4 is 5.48 Å². The van der Waals surface area contributed by atoms with Crippen LogP contribution in [0.15, 0.2) is 0 Å². The number of rotatable bonds is 7. The Morgan fingerprint density at radius 2 is 1.81 bits per heavy atom. The first kappa shape index (κ1) is 14.7. The van der Waals surface area contributed by atoms with Crippen LogP contribution in [0.3, 0.4) is 0 Å². The number of hydrogen-bond acceptors (Lipinski definition) is 4. The van der Waals surface area contributed by atoms with E-state index in [1.165, 1.54) is 0 Å². The number of hydrogen-bond donors (Lipinski definition) is 1. The molecule has 2 amide bonds. The van der Waals surface area contributed by atoms with Gasteiger partial charge in [0.05, 0.1) is 0 Å². The zero-order valence-electron chi connectivity index (χ0n) is 10.1. The largest absolute Gasteiger partial charge is 0.436 e. The van der Waals surface area contributed by atoms with Crippen molar-refractivity contribution < 1.29 is 19.2 Å². The third-order valence-corrected chi connectivity index (χ3v) is 1.94. The van der Waals surface area contributed by atoms with Crippen molar-refractivity contribution in [3.63, 3.8) is 0 Å². The summed E-state index contributed by atoms with van der Waals surface area (Å²) in [5.41, 5.74) is 2.19. The number of carbonyl (C=O) groups excluding carboxylic acids is 2. The van der Waals surface area contributed by atoms with E-state index in [1.54, 1.807) is 4.90 Å². The van der Waals surface area contributed by atoms with E-state index in [9.17, 15) is 9.59 Å². The standard InChI is InChI=1S/C10H20N2O4/c1-4-7-9(13)15-8-16-11-10(14)12(5-2)6-3/h4-8H2,1-3H3,(H,11,14). The highest BCUT2D eigenvalue weighted by molar-refractivity contribution is 5.72. The summed E-state index contributed by atoms with van der Waals surface area (Å²) in [6, 6.07) is -0.337. The van der Waals surface area contributed by atoms with Gasteiger partial charge in [-0.1, -0.05) is 6.92 Å². The first-order valence-corrected chi connectivity index (χ1v) is 5.47. The molecular weight excluding hydrogens is 212 g/mol. The monoisotopic (exact) mass is 232 g/mol. The molecule has 1 N–H and O–H groups in total. The Morgan fingerprint density at radius 1 is 1.19 bits per heavy atom. The molecule has 0 radical (unpaired) electrons. The lowest BCUT2D eigenvalue weighted by atomic mass is 10.3. The summed E-state index contributed by atoms with van der Waals surface area (Å²) in [5.74, 6) is -0.334. The lowest BCUT2D eigenvalue weighted by Crippen LogP contribution is -2.40. The van der Waals surface area contributed by atoms with E-state index in [-0.39, 0.29) is 18.8 Å². The molecule has 0 aromatic carbocycles. The van der Waals surface area contributed by atoms with Gasteiger partial charge < -0.3 is 9.64 Å². The van der Waals surface area contributed by atoms with Crippen molar-refractivity contribution in [2.45, 2.75) is 33.6 Å². The van der Waals surface area contributed by atoms with Crippen LogP contribution in [-0.2, 0) is 14.4 Å². The van der Waals surface area contributed by atoms with E-state index in [2.05, 4.69) is 10.2 Å². The first-order valence-electron chi connectivity index (χ1n) is 5.47. The average Bonchev–Trinajstić information content (AvgIpc) is 2.26. The minimum absolute atomic E-state index is 0.258. The quantitative estimate of drug-likeness (QED) is 0.310. The molecule has 0 aromatic heterocycles. The fraction of sp³-hybridized carbons (Fsp3) is 0.800. The van der Waals surface area contributed by atoms with Crippen molar-refractivity contribution in [1.82, 2.24) is 10.4 Å².